The number of hydrogen-bond acceptors (Lipinski definition) is 2. The van der Waals surface area contributed by atoms with Gasteiger partial charge in [0.1, 0.15) is 11.9 Å². The van der Waals surface area contributed by atoms with Gasteiger partial charge in [-0.1, -0.05) is 42.0 Å². The normalized spacial score (nSPS) is 16.0. The number of benzene rings is 2. The van der Waals surface area contributed by atoms with Gasteiger partial charge in [-0.05, 0) is 43.0 Å². The Morgan fingerprint density at radius 2 is 1.92 bits per heavy atom. The van der Waals surface area contributed by atoms with Gasteiger partial charge in [-0.3, -0.25) is 4.79 Å². The third kappa shape index (κ3) is 3.94. The number of nitrogens with one attached hydrogen (secondary N) is 1. The second kappa shape index (κ2) is 7.32. The summed E-state index contributed by atoms with van der Waals surface area (Å²) in [7, 11) is 0. The van der Waals surface area contributed by atoms with E-state index in [4.69, 9.17) is 5.73 Å². The van der Waals surface area contributed by atoms with Crippen molar-refractivity contribution in [3.8, 4) is 0 Å². The third-order valence-corrected chi connectivity index (χ3v) is 4.61. The number of aryl methyl sites for hydroxylation is 1. The minimum absolute atomic E-state index is 0. The summed E-state index contributed by atoms with van der Waals surface area (Å²) >= 11 is 0. The van der Waals surface area contributed by atoms with Crippen LogP contribution in [0.2, 0.25) is 0 Å². The highest BCUT2D eigenvalue weighted by molar-refractivity contribution is 5.85. The Hall–Kier alpha value is -1.91. The maximum Gasteiger partial charge on any atom is 0.241 e. The number of halogens is 2. The fourth-order valence-corrected chi connectivity index (χ4v) is 2.83. The zero-order valence-electron chi connectivity index (χ0n) is 13.6. The molecule has 1 atom stereocenters. The van der Waals surface area contributed by atoms with Crippen molar-refractivity contribution in [3.63, 3.8) is 0 Å². The van der Waals surface area contributed by atoms with Gasteiger partial charge < -0.3 is 11.1 Å². The zero-order chi connectivity index (χ0) is 16.4. The Morgan fingerprint density at radius 3 is 2.50 bits per heavy atom. The highest BCUT2D eigenvalue weighted by atomic mass is 35.5. The number of carbonyl (C=O) groups excluding carboxylic acids is 1. The summed E-state index contributed by atoms with van der Waals surface area (Å²) in [5.41, 5.74) is 8.77. The van der Waals surface area contributed by atoms with Crippen LogP contribution >= 0.6 is 12.4 Å². The monoisotopic (exact) mass is 348 g/mol. The van der Waals surface area contributed by atoms with Crippen molar-refractivity contribution in [1.29, 1.82) is 0 Å². The number of rotatable bonds is 5. The summed E-state index contributed by atoms with van der Waals surface area (Å²) in [6.07, 6.45) is 1.91. The lowest BCUT2D eigenvalue weighted by molar-refractivity contribution is -0.122. The fraction of sp³-hybridized carbons (Fsp3) is 0.316. The average Bonchev–Trinajstić information content (AvgIpc) is 3.34. The highest BCUT2D eigenvalue weighted by Gasteiger charge is 2.44. The van der Waals surface area contributed by atoms with Gasteiger partial charge in [0.25, 0.3) is 0 Å². The van der Waals surface area contributed by atoms with Gasteiger partial charge in [-0.25, -0.2) is 4.39 Å². The maximum atomic E-state index is 13.4. The lowest BCUT2D eigenvalue weighted by Crippen LogP contribution is -2.38. The minimum Gasteiger partial charge on any atom is -0.354 e. The molecule has 0 spiro atoms. The molecular formula is C19H22ClFN2O. The van der Waals surface area contributed by atoms with Crippen LogP contribution in [0.25, 0.3) is 0 Å². The summed E-state index contributed by atoms with van der Waals surface area (Å²) < 4.78 is 13.4. The van der Waals surface area contributed by atoms with Gasteiger partial charge in [-0.2, -0.15) is 0 Å². The highest BCUT2D eigenvalue weighted by Crippen LogP contribution is 2.47. The number of nitrogens with two attached hydrogens (primary N) is 1. The summed E-state index contributed by atoms with van der Waals surface area (Å²) in [5.74, 6) is -0.437. The molecule has 0 heterocycles. The van der Waals surface area contributed by atoms with Crippen LogP contribution in [0.5, 0.6) is 0 Å². The van der Waals surface area contributed by atoms with E-state index < -0.39 is 6.04 Å². The molecule has 3 N–H and O–H groups in total. The van der Waals surface area contributed by atoms with Gasteiger partial charge >= 0.3 is 0 Å². The largest absolute Gasteiger partial charge is 0.354 e. The molecule has 5 heteroatoms. The molecule has 1 aliphatic carbocycles. The number of carbonyl (C=O) groups is 1. The van der Waals surface area contributed by atoms with Crippen LogP contribution in [0, 0.1) is 12.7 Å². The standard InChI is InChI=1S/C19H21FN2O.ClH/c1-13-5-7-14(8-6-13)17(21)18(23)22-12-19(9-10-19)15-3-2-4-16(20)11-15;/h2-8,11,17H,9-10,12,21H2,1H3,(H,22,23);1H. The molecule has 1 unspecified atom stereocenters. The Labute approximate surface area is 147 Å². The van der Waals surface area contributed by atoms with E-state index in [0.717, 1.165) is 29.5 Å². The summed E-state index contributed by atoms with van der Waals surface area (Å²) in [5, 5.41) is 2.93. The molecule has 0 saturated heterocycles. The van der Waals surface area contributed by atoms with Gasteiger partial charge in [0.2, 0.25) is 5.91 Å². The van der Waals surface area contributed by atoms with Crippen LogP contribution in [0.4, 0.5) is 4.39 Å². The zero-order valence-corrected chi connectivity index (χ0v) is 14.4. The molecule has 3 rings (SSSR count). The molecule has 128 valence electrons. The SMILES string of the molecule is Cc1ccc(C(N)C(=O)NCC2(c3cccc(F)c3)CC2)cc1.Cl. The first-order chi connectivity index (χ1) is 11.0. The number of hydrogen-bond donors (Lipinski definition) is 2. The fourth-order valence-electron chi connectivity index (χ4n) is 2.83. The van der Waals surface area contributed by atoms with Crippen LogP contribution in [-0.4, -0.2) is 12.5 Å². The smallest absolute Gasteiger partial charge is 0.241 e. The Kier molecular flexibility index (Phi) is 5.62. The van der Waals surface area contributed by atoms with E-state index in [1.54, 1.807) is 12.1 Å². The molecule has 1 amide bonds. The predicted octanol–water partition coefficient (Wildman–Crippen LogP) is 3.40. The second-order valence-corrected chi connectivity index (χ2v) is 6.40. The molecular weight excluding hydrogens is 327 g/mol. The Balaban J connectivity index is 0.00000208. The van der Waals surface area contributed by atoms with Crippen molar-refractivity contribution in [3.05, 3.63) is 71.0 Å². The van der Waals surface area contributed by atoms with Crippen molar-refractivity contribution >= 4 is 18.3 Å². The molecule has 0 radical (unpaired) electrons. The van der Waals surface area contributed by atoms with E-state index in [-0.39, 0.29) is 29.5 Å². The molecule has 2 aromatic rings. The van der Waals surface area contributed by atoms with E-state index in [1.165, 1.54) is 6.07 Å². The van der Waals surface area contributed by atoms with E-state index in [0.29, 0.717) is 6.54 Å². The summed E-state index contributed by atoms with van der Waals surface area (Å²) in [4.78, 5) is 12.3. The average molecular weight is 349 g/mol. The van der Waals surface area contributed by atoms with E-state index in [1.807, 2.05) is 37.3 Å². The van der Waals surface area contributed by atoms with Gasteiger partial charge in [-0.15, -0.1) is 12.4 Å². The van der Waals surface area contributed by atoms with Gasteiger partial charge in [0.15, 0.2) is 0 Å². The van der Waals surface area contributed by atoms with E-state index in [2.05, 4.69) is 5.32 Å². The quantitative estimate of drug-likeness (QED) is 0.870. The van der Waals surface area contributed by atoms with Crippen molar-refractivity contribution in [2.24, 2.45) is 5.73 Å². The number of amides is 1. The van der Waals surface area contributed by atoms with E-state index >= 15 is 0 Å². The first-order valence-corrected chi connectivity index (χ1v) is 7.86. The molecule has 2 aromatic carbocycles. The van der Waals surface area contributed by atoms with Gasteiger partial charge in [0, 0.05) is 12.0 Å². The lowest BCUT2D eigenvalue weighted by atomic mass is 9.95. The lowest BCUT2D eigenvalue weighted by Gasteiger charge is -2.19. The molecule has 1 aliphatic rings. The van der Waals surface area contributed by atoms with Crippen molar-refractivity contribution in [1.82, 2.24) is 5.32 Å². The van der Waals surface area contributed by atoms with Crippen molar-refractivity contribution in [2.45, 2.75) is 31.2 Å². The van der Waals surface area contributed by atoms with Crippen molar-refractivity contribution in [2.75, 3.05) is 6.54 Å². The molecule has 1 saturated carbocycles. The predicted molar refractivity (Wildman–Crippen MR) is 95.7 cm³/mol. The summed E-state index contributed by atoms with van der Waals surface area (Å²) in [6, 6.07) is 13.6. The Bertz CT molecular complexity index is 714. The molecule has 24 heavy (non-hydrogen) atoms. The van der Waals surface area contributed by atoms with E-state index in [9.17, 15) is 9.18 Å². The molecule has 3 nitrogen and oxygen atoms in total. The molecule has 0 aliphatic heterocycles. The summed E-state index contributed by atoms with van der Waals surface area (Å²) in [6.45, 7) is 2.49. The first-order valence-electron chi connectivity index (χ1n) is 7.86. The third-order valence-electron chi connectivity index (χ3n) is 4.61. The Morgan fingerprint density at radius 1 is 1.25 bits per heavy atom. The molecule has 1 fully saturated rings. The minimum atomic E-state index is -0.682. The van der Waals surface area contributed by atoms with Crippen LogP contribution in [0.3, 0.4) is 0 Å². The van der Waals surface area contributed by atoms with Crippen molar-refractivity contribution < 1.29 is 9.18 Å². The first kappa shape index (κ1) is 18.4. The van der Waals surface area contributed by atoms with Gasteiger partial charge in [0.05, 0.1) is 0 Å². The maximum absolute atomic E-state index is 13.4. The van der Waals surface area contributed by atoms with Crippen LogP contribution < -0.4 is 11.1 Å². The van der Waals surface area contributed by atoms with Crippen LogP contribution in [0.15, 0.2) is 48.5 Å². The van der Waals surface area contributed by atoms with Crippen LogP contribution in [0.1, 0.15) is 35.6 Å². The molecule has 0 aromatic heterocycles. The second-order valence-electron chi connectivity index (χ2n) is 6.40. The topological polar surface area (TPSA) is 55.1 Å². The molecule has 0 bridgehead atoms. The van der Waals surface area contributed by atoms with Crippen LogP contribution in [-0.2, 0) is 10.2 Å².